The summed E-state index contributed by atoms with van der Waals surface area (Å²) < 4.78 is 45.4. The molecule has 1 aromatic rings. The van der Waals surface area contributed by atoms with Gasteiger partial charge in [-0.05, 0) is 12.1 Å². The van der Waals surface area contributed by atoms with Crippen LogP contribution in [0.15, 0.2) is 12.1 Å². The highest BCUT2D eigenvalue weighted by molar-refractivity contribution is 5.90. The lowest BCUT2D eigenvalue weighted by Crippen LogP contribution is -2.18. The molecular weight excluding hydrogens is 286 g/mol. The normalized spacial score (nSPS) is 11.1. The minimum atomic E-state index is -2.92. The van der Waals surface area contributed by atoms with Crippen LogP contribution in [0.25, 0.3) is 0 Å². The van der Waals surface area contributed by atoms with Crippen LogP contribution in [0.1, 0.15) is 22.8 Å². The van der Waals surface area contributed by atoms with E-state index >= 15 is 0 Å². The van der Waals surface area contributed by atoms with Gasteiger partial charge in [-0.3, -0.25) is 0 Å². The van der Waals surface area contributed by atoms with Gasteiger partial charge in [-0.2, -0.15) is 0 Å². The number of carbonyl (C=O) groups excluding carboxylic acids is 1. The molecule has 0 aliphatic rings. The van der Waals surface area contributed by atoms with Crippen molar-refractivity contribution < 1.29 is 32.5 Å². The van der Waals surface area contributed by atoms with E-state index in [1.807, 2.05) is 0 Å². The minimum Gasteiger partial charge on any atom is -0.496 e. The van der Waals surface area contributed by atoms with Crippen molar-refractivity contribution in [3.05, 3.63) is 23.3 Å². The number of hydrogen-bond acceptors (Lipinski definition) is 5. The first-order valence-electron chi connectivity index (χ1n) is 6.11. The molecule has 1 aromatic carbocycles. The van der Waals surface area contributed by atoms with E-state index in [0.29, 0.717) is 17.1 Å². The Morgan fingerprint density at radius 2 is 1.67 bits per heavy atom. The van der Waals surface area contributed by atoms with Crippen LogP contribution in [0, 0.1) is 0 Å². The van der Waals surface area contributed by atoms with E-state index in [1.165, 1.54) is 33.5 Å². The number of benzene rings is 1. The molecule has 0 N–H and O–H groups in total. The Kier molecular flexibility index (Phi) is 5.90. The molecule has 0 bridgehead atoms. The average molecular weight is 304 g/mol. The van der Waals surface area contributed by atoms with Gasteiger partial charge in [0.15, 0.2) is 0 Å². The van der Waals surface area contributed by atoms with E-state index in [4.69, 9.17) is 14.2 Å². The van der Waals surface area contributed by atoms with Gasteiger partial charge in [0, 0.05) is 6.92 Å². The van der Waals surface area contributed by atoms with Crippen molar-refractivity contribution in [2.45, 2.75) is 19.5 Å². The summed E-state index contributed by atoms with van der Waals surface area (Å²) in [5.41, 5.74) is 0.674. The van der Waals surface area contributed by atoms with Gasteiger partial charge in [0.1, 0.15) is 18.1 Å². The van der Waals surface area contributed by atoms with Crippen molar-refractivity contribution in [2.24, 2.45) is 0 Å². The maximum atomic E-state index is 12.8. The summed E-state index contributed by atoms with van der Waals surface area (Å²) in [5, 5.41) is 0. The topological polar surface area (TPSA) is 54.0 Å². The van der Waals surface area contributed by atoms with Crippen LogP contribution in [0.5, 0.6) is 11.5 Å². The minimum absolute atomic E-state index is 0.128. The van der Waals surface area contributed by atoms with Crippen molar-refractivity contribution in [3.8, 4) is 11.5 Å². The highest BCUT2D eigenvalue weighted by Crippen LogP contribution is 2.32. The third kappa shape index (κ3) is 4.86. The monoisotopic (exact) mass is 304 g/mol. The number of ether oxygens (including phenoxy) is 4. The molecule has 21 heavy (non-hydrogen) atoms. The fraction of sp³-hybridized carbons (Fsp3) is 0.500. The van der Waals surface area contributed by atoms with E-state index in [1.54, 1.807) is 0 Å². The molecule has 0 saturated carbocycles. The quantitative estimate of drug-likeness (QED) is 0.725. The first-order chi connectivity index (χ1) is 9.82. The summed E-state index contributed by atoms with van der Waals surface area (Å²) in [4.78, 5) is 11.5. The van der Waals surface area contributed by atoms with E-state index < -0.39 is 18.5 Å². The maximum Gasteiger partial charge on any atom is 0.338 e. The maximum absolute atomic E-state index is 12.8. The number of alkyl halides is 2. The fourth-order valence-electron chi connectivity index (χ4n) is 1.69. The van der Waals surface area contributed by atoms with Crippen LogP contribution in [-0.4, -0.2) is 39.8 Å². The summed E-state index contributed by atoms with van der Waals surface area (Å²) >= 11 is 0. The second-order valence-corrected chi connectivity index (χ2v) is 4.41. The van der Waals surface area contributed by atoms with Crippen molar-refractivity contribution >= 4 is 5.97 Å². The molecule has 0 atom stereocenters. The lowest BCUT2D eigenvalue weighted by molar-refractivity contribution is -0.0678. The van der Waals surface area contributed by atoms with Crippen LogP contribution in [0.4, 0.5) is 8.78 Å². The summed E-state index contributed by atoms with van der Waals surface area (Å²) in [7, 11) is 4.04. The zero-order valence-corrected chi connectivity index (χ0v) is 12.4. The summed E-state index contributed by atoms with van der Waals surface area (Å²) in [6.07, 6.45) is 0. The van der Waals surface area contributed by atoms with Gasteiger partial charge in [0.2, 0.25) is 0 Å². The molecule has 0 aliphatic heterocycles. The molecule has 0 unspecified atom stereocenters. The van der Waals surface area contributed by atoms with Crippen molar-refractivity contribution in [2.75, 3.05) is 27.9 Å². The van der Waals surface area contributed by atoms with Crippen LogP contribution >= 0.6 is 0 Å². The number of halogens is 2. The standard InChI is InChI=1S/C14H18F2O5/c1-14(15,16)8-21-7-10-11(18-2)5-9(13(17)20-4)6-12(10)19-3/h5-6H,7-8H2,1-4H3. The van der Waals surface area contributed by atoms with Gasteiger partial charge in [0.05, 0.1) is 39.1 Å². The zero-order chi connectivity index (χ0) is 16.0. The number of hydrogen-bond donors (Lipinski definition) is 0. The summed E-state index contributed by atoms with van der Waals surface area (Å²) in [6, 6.07) is 2.88. The average Bonchev–Trinajstić information content (AvgIpc) is 2.44. The molecule has 0 heterocycles. The van der Waals surface area contributed by atoms with Crippen LogP contribution in [0.3, 0.4) is 0 Å². The smallest absolute Gasteiger partial charge is 0.338 e. The predicted octanol–water partition coefficient (Wildman–Crippen LogP) is 2.66. The van der Waals surface area contributed by atoms with Gasteiger partial charge < -0.3 is 18.9 Å². The molecule has 0 aromatic heterocycles. The molecule has 0 aliphatic carbocycles. The predicted molar refractivity (Wildman–Crippen MR) is 71.2 cm³/mol. The molecule has 0 fully saturated rings. The Labute approximate surface area is 121 Å². The molecule has 1 rings (SSSR count). The molecule has 5 nitrogen and oxygen atoms in total. The highest BCUT2D eigenvalue weighted by Gasteiger charge is 2.23. The van der Waals surface area contributed by atoms with E-state index in [0.717, 1.165) is 6.92 Å². The SMILES string of the molecule is COC(=O)c1cc(OC)c(COCC(C)(F)F)c(OC)c1. The fourth-order valence-corrected chi connectivity index (χ4v) is 1.69. The van der Waals surface area contributed by atoms with E-state index in [2.05, 4.69) is 4.74 Å². The Bertz CT molecular complexity index is 472. The number of methoxy groups -OCH3 is 3. The van der Waals surface area contributed by atoms with Crippen LogP contribution < -0.4 is 9.47 Å². The Morgan fingerprint density at radius 3 is 2.05 bits per heavy atom. The largest absolute Gasteiger partial charge is 0.496 e. The summed E-state index contributed by atoms with van der Waals surface area (Å²) in [5.74, 6) is -2.88. The van der Waals surface area contributed by atoms with Gasteiger partial charge in [-0.1, -0.05) is 0 Å². The third-order valence-electron chi connectivity index (χ3n) is 2.63. The zero-order valence-electron chi connectivity index (χ0n) is 12.4. The molecule has 0 spiro atoms. The van der Waals surface area contributed by atoms with E-state index in [9.17, 15) is 13.6 Å². The number of esters is 1. The number of carbonyl (C=O) groups is 1. The third-order valence-corrected chi connectivity index (χ3v) is 2.63. The first-order valence-corrected chi connectivity index (χ1v) is 6.11. The molecule has 7 heteroatoms. The molecular formula is C14H18F2O5. The van der Waals surface area contributed by atoms with Crippen molar-refractivity contribution in [3.63, 3.8) is 0 Å². The Balaban J connectivity index is 3.04. The molecule has 0 amide bonds. The lowest BCUT2D eigenvalue weighted by Gasteiger charge is -2.16. The Morgan fingerprint density at radius 1 is 1.14 bits per heavy atom. The van der Waals surface area contributed by atoms with Gasteiger partial charge in [-0.25, -0.2) is 13.6 Å². The van der Waals surface area contributed by atoms with Crippen molar-refractivity contribution in [1.82, 2.24) is 0 Å². The molecule has 0 radical (unpaired) electrons. The number of rotatable bonds is 7. The second kappa shape index (κ2) is 7.21. The van der Waals surface area contributed by atoms with E-state index in [-0.39, 0.29) is 12.2 Å². The first kappa shape index (κ1) is 17.2. The second-order valence-electron chi connectivity index (χ2n) is 4.41. The van der Waals surface area contributed by atoms with Gasteiger partial charge in [-0.15, -0.1) is 0 Å². The summed E-state index contributed by atoms with van der Waals surface area (Å²) in [6.45, 7) is -0.0862. The molecule has 0 saturated heterocycles. The van der Waals surface area contributed by atoms with Crippen LogP contribution in [0.2, 0.25) is 0 Å². The van der Waals surface area contributed by atoms with Crippen molar-refractivity contribution in [1.29, 1.82) is 0 Å². The van der Waals surface area contributed by atoms with Gasteiger partial charge >= 0.3 is 5.97 Å². The van der Waals surface area contributed by atoms with Crippen LogP contribution in [-0.2, 0) is 16.1 Å². The Hall–Kier alpha value is -1.89. The highest BCUT2D eigenvalue weighted by atomic mass is 19.3. The molecule has 118 valence electrons. The lowest BCUT2D eigenvalue weighted by atomic mass is 10.1. The van der Waals surface area contributed by atoms with Gasteiger partial charge in [0.25, 0.3) is 5.92 Å².